The smallest absolute Gasteiger partial charge is 0.233 e. The van der Waals surface area contributed by atoms with Gasteiger partial charge in [-0.1, -0.05) is 23.5 Å². The van der Waals surface area contributed by atoms with Crippen molar-refractivity contribution in [2.75, 3.05) is 35.8 Å². The van der Waals surface area contributed by atoms with Crippen molar-refractivity contribution in [3.8, 4) is 0 Å². The summed E-state index contributed by atoms with van der Waals surface area (Å²) in [5.41, 5.74) is 1.23. The minimum atomic E-state index is -0.152. The number of ketones is 1. The van der Waals surface area contributed by atoms with Crippen molar-refractivity contribution < 1.29 is 14.4 Å². The molecule has 0 aliphatic heterocycles. The molecule has 9 nitrogen and oxygen atoms in total. The van der Waals surface area contributed by atoms with Crippen LogP contribution in [0.3, 0.4) is 0 Å². The van der Waals surface area contributed by atoms with E-state index in [0.717, 1.165) is 0 Å². The second kappa shape index (κ2) is 11.6. The van der Waals surface area contributed by atoms with Crippen molar-refractivity contribution in [3.05, 3.63) is 29.8 Å². The van der Waals surface area contributed by atoms with Crippen LogP contribution in [-0.2, 0) is 9.59 Å². The number of thioether (sulfide) groups is 2. The average molecular weight is 451 g/mol. The summed E-state index contributed by atoms with van der Waals surface area (Å²) in [7, 11) is 0. The van der Waals surface area contributed by atoms with Gasteiger partial charge in [0.25, 0.3) is 0 Å². The first-order valence-corrected chi connectivity index (χ1v) is 11.5. The molecule has 0 spiro atoms. The van der Waals surface area contributed by atoms with E-state index in [-0.39, 0.29) is 29.8 Å². The monoisotopic (exact) mass is 450 g/mol. The number of carbonyl (C=O) groups is 3. The molecule has 0 fully saturated rings. The van der Waals surface area contributed by atoms with Crippen LogP contribution in [0.4, 0.5) is 5.69 Å². The number of benzene rings is 1. The lowest BCUT2D eigenvalue weighted by molar-refractivity contribution is -0.128. The lowest BCUT2D eigenvalue weighted by Gasteiger charge is -2.17. The molecule has 0 aliphatic rings. The Morgan fingerprint density at radius 2 is 1.67 bits per heavy atom. The largest absolute Gasteiger partial charge is 0.343 e. The Bertz CT molecular complexity index is 881. The zero-order chi connectivity index (χ0) is 22.1. The second-order valence-corrected chi connectivity index (χ2v) is 8.27. The summed E-state index contributed by atoms with van der Waals surface area (Å²) in [6, 6.07) is 6.74. The Balaban J connectivity index is 1.79. The summed E-state index contributed by atoms with van der Waals surface area (Å²) in [5.74, 6) is 6.57. The fourth-order valence-corrected chi connectivity index (χ4v) is 4.11. The molecule has 1 aromatic heterocycles. The molecule has 2 rings (SSSR count). The molecule has 2 amide bonds. The molecule has 30 heavy (non-hydrogen) atoms. The van der Waals surface area contributed by atoms with Gasteiger partial charge in [-0.15, -0.1) is 10.2 Å². The minimum absolute atomic E-state index is 0.0230. The lowest BCUT2D eigenvalue weighted by atomic mass is 10.1. The second-order valence-electron chi connectivity index (χ2n) is 6.27. The maximum atomic E-state index is 12.1. The van der Waals surface area contributed by atoms with Crippen LogP contribution in [0, 0.1) is 0 Å². The number of hydrogen-bond acceptors (Lipinski definition) is 8. The van der Waals surface area contributed by atoms with Crippen LogP contribution in [0.2, 0.25) is 0 Å². The number of anilines is 1. The highest BCUT2D eigenvalue weighted by Gasteiger charge is 2.15. The Hall–Kier alpha value is -2.53. The average Bonchev–Trinajstić information content (AvgIpc) is 3.07. The van der Waals surface area contributed by atoms with Gasteiger partial charge in [0.1, 0.15) is 0 Å². The molecular formula is C19H26N6O3S2. The van der Waals surface area contributed by atoms with Crippen molar-refractivity contribution in [3.63, 3.8) is 0 Å². The SMILES string of the molecule is CCN(CC)C(=O)CSc1nnc(SCCC(=O)Nc2ccc(C(C)=O)cc2)n1N. The van der Waals surface area contributed by atoms with E-state index in [0.29, 0.717) is 40.4 Å². The van der Waals surface area contributed by atoms with Crippen LogP contribution >= 0.6 is 23.5 Å². The number of rotatable bonds is 11. The zero-order valence-corrected chi connectivity index (χ0v) is 18.9. The van der Waals surface area contributed by atoms with E-state index < -0.39 is 0 Å². The van der Waals surface area contributed by atoms with Crippen LogP contribution in [0.25, 0.3) is 0 Å². The van der Waals surface area contributed by atoms with E-state index in [9.17, 15) is 14.4 Å². The van der Waals surface area contributed by atoms with Gasteiger partial charge in [-0.05, 0) is 45.0 Å². The number of aromatic nitrogens is 3. The molecule has 162 valence electrons. The third kappa shape index (κ3) is 6.77. The summed E-state index contributed by atoms with van der Waals surface area (Å²) < 4.78 is 1.34. The van der Waals surface area contributed by atoms with Crippen LogP contribution in [0.15, 0.2) is 34.6 Å². The predicted molar refractivity (Wildman–Crippen MR) is 119 cm³/mol. The molecule has 0 unspecified atom stereocenters. The maximum absolute atomic E-state index is 12.1. The number of hydrogen-bond donors (Lipinski definition) is 2. The molecule has 1 heterocycles. The summed E-state index contributed by atoms with van der Waals surface area (Å²) in [6.45, 7) is 6.69. The van der Waals surface area contributed by atoms with Gasteiger partial charge in [0.2, 0.25) is 22.1 Å². The minimum Gasteiger partial charge on any atom is -0.343 e. The van der Waals surface area contributed by atoms with Gasteiger partial charge in [0.05, 0.1) is 5.75 Å². The fraction of sp³-hybridized carbons (Fsp3) is 0.421. The first-order chi connectivity index (χ1) is 14.3. The van der Waals surface area contributed by atoms with Crippen molar-refractivity contribution in [1.29, 1.82) is 0 Å². The quantitative estimate of drug-likeness (QED) is 0.304. The van der Waals surface area contributed by atoms with Crippen molar-refractivity contribution in [2.45, 2.75) is 37.5 Å². The first-order valence-electron chi connectivity index (χ1n) is 9.50. The zero-order valence-electron chi connectivity index (χ0n) is 17.3. The van der Waals surface area contributed by atoms with Crippen molar-refractivity contribution in [1.82, 2.24) is 19.8 Å². The number of nitrogens with zero attached hydrogens (tertiary/aromatic N) is 4. The number of amides is 2. The van der Waals surface area contributed by atoms with Crippen molar-refractivity contribution in [2.24, 2.45) is 0 Å². The fourth-order valence-electron chi connectivity index (χ4n) is 2.50. The molecule has 0 saturated carbocycles. The van der Waals surface area contributed by atoms with Crippen LogP contribution in [-0.4, -0.2) is 62.0 Å². The van der Waals surface area contributed by atoms with Crippen LogP contribution < -0.4 is 11.2 Å². The molecule has 1 aromatic carbocycles. The predicted octanol–water partition coefficient (Wildman–Crippen LogP) is 2.28. The third-order valence-corrected chi connectivity index (χ3v) is 6.08. The highest BCUT2D eigenvalue weighted by molar-refractivity contribution is 8.00. The highest BCUT2D eigenvalue weighted by Crippen LogP contribution is 2.22. The molecule has 11 heteroatoms. The van der Waals surface area contributed by atoms with Gasteiger partial charge in [0, 0.05) is 36.5 Å². The standard InChI is InChI=1S/C19H26N6O3S2/c1-4-24(5-2)17(28)12-30-19-23-22-18(25(19)20)29-11-10-16(27)21-15-8-6-14(7-9-15)13(3)26/h6-9H,4-5,10-12,20H2,1-3H3,(H,21,27). The van der Waals surface area contributed by atoms with Gasteiger partial charge in [0.15, 0.2) is 5.78 Å². The first kappa shape index (κ1) is 23.7. The Labute approximate surface area is 184 Å². The number of nitrogens with one attached hydrogen (secondary N) is 1. The molecule has 3 N–H and O–H groups in total. The van der Waals surface area contributed by atoms with E-state index in [4.69, 9.17) is 5.84 Å². The van der Waals surface area contributed by atoms with E-state index in [1.54, 1.807) is 29.2 Å². The molecule has 2 aromatic rings. The Kier molecular flexibility index (Phi) is 9.18. The van der Waals surface area contributed by atoms with Gasteiger partial charge in [-0.3, -0.25) is 14.4 Å². The molecular weight excluding hydrogens is 424 g/mol. The summed E-state index contributed by atoms with van der Waals surface area (Å²) in [5, 5.41) is 11.8. The molecule has 0 aliphatic carbocycles. The number of nitrogen functional groups attached to an aromatic ring is 1. The van der Waals surface area contributed by atoms with E-state index >= 15 is 0 Å². The summed E-state index contributed by atoms with van der Waals surface area (Å²) >= 11 is 2.55. The van der Waals surface area contributed by atoms with E-state index in [1.807, 2.05) is 13.8 Å². The Morgan fingerprint density at radius 3 is 2.23 bits per heavy atom. The molecule has 0 bridgehead atoms. The summed E-state index contributed by atoms with van der Waals surface area (Å²) in [6.07, 6.45) is 0.259. The van der Waals surface area contributed by atoms with Gasteiger partial charge < -0.3 is 16.1 Å². The van der Waals surface area contributed by atoms with E-state index in [2.05, 4.69) is 15.5 Å². The van der Waals surface area contributed by atoms with Crippen molar-refractivity contribution >= 4 is 46.8 Å². The normalized spacial score (nSPS) is 10.6. The lowest BCUT2D eigenvalue weighted by Crippen LogP contribution is -2.32. The molecule has 0 radical (unpaired) electrons. The van der Waals surface area contributed by atoms with Crippen LogP contribution in [0.5, 0.6) is 0 Å². The summed E-state index contributed by atoms with van der Waals surface area (Å²) in [4.78, 5) is 37.2. The van der Waals surface area contributed by atoms with Gasteiger partial charge in [-0.2, -0.15) is 0 Å². The highest BCUT2D eigenvalue weighted by atomic mass is 32.2. The molecule has 0 saturated heterocycles. The third-order valence-electron chi connectivity index (χ3n) is 4.21. The van der Waals surface area contributed by atoms with Gasteiger partial charge >= 0.3 is 0 Å². The van der Waals surface area contributed by atoms with Gasteiger partial charge in [-0.25, -0.2) is 4.68 Å². The number of carbonyl (C=O) groups excluding carboxylic acids is 3. The number of Topliss-reactive ketones (excluding diaryl/α,β-unsaturated/α-hetero) is 1. The number of nitrogens with two attached hydrogens (primary N) is 1. The molecule has 0 atom stereocenters. The topological polar surface area (TPSA) is 123 Å². The van der Waals surface area contributed by atoms with E-state index in [1.165, 1.54) is 35.1 Å². The van der Waals surface area contributed by atoms with Crippen LogP contribution in [0.1, 0.15) is 37.6 Å². The Morgan fingerprint density at radius 1 is 1.07 bits per heavy atom. The maximum Gasteiger partial charge on any atom is 0.233 e.